The SMILES string of the molecule is CCCCCCCCCCC(=O)N/N=C(\C)c1cccc(NC(=O)c2cccs2)c1. The molecule has 0 aliphatic rings. The van der Waals surface area contributed by atoms with Gasteiger partial charge in [-0.2, -0.15) is 5.10 Å². The molecule has 2 rings (SSSR count). The second-order valence-corrected chi connectivity index (χ2v) is 8.42. The number of hydrazone groups is 1. The maximum Gasteiger partial charge on any atom is 0.265 e. The summed E-state index contributed by atoms with van der Waals surface area (Å²) >= 11 is 1.40. The van der Waals surface area contributed by atoms with Gasteiger partial charge in [-0.05, 0) is 42.5 Å². The van der Waals surface area contributed by atoms with E-state index in [0.717, 1.165) is 18.4 Å². The van der Waals surface area contributed by atoms with Gasteiger partial charge in [0.05, 0.1) is 10.6 Å². The molecule has 30 heavy (non-hydrogen) atoms. The first-order chi connectivity index (χ1) is 14.6. The van der Waals surface area contributed by atoms with Crippen molar-refractivity contribution in [2.45, 2.75) is 71.6 Å². The molecule has 0 saturated carbocycles. The molecule has 0 unspecified atom stereocenters. The fourth-order valence-corrected chi connectivity index (χ4v) is 3.73. The quantitative estimate of drug-likeness (QED) is 0.221. The maximum absolute atomic E-state index is 12.2. The smallest absolute Gasteiger partial charge is 0.265 e. The average Bonchev–Trinajstić information content (AvgIpc) is 3.29. The Morgan fingerprint density at radius 1 is 0.967 bits per heavy atom. The molecule has 2 N–H and O–H groups in total. The highest BCUT2D eigenvalue weighted by Crippen LogP contribution is 2.15. The third-order valence-corrected chi connectivity index (χ3v) is 5.76. The Morgan fingerprint density at radius 3 is 2.40 bits per heavy atom. The molecular formula is C24H33N3O2S. The summed E-state index contributed by atoms with van der Waals surface area (Å²) in [5.41, 5.74) is 4.90. The zero-order valence-corrected chi connectivity index (χ0v) is 18.9. The lowest BCUT2D eigenvalue weighted by Gasteiger charge is -2.07. The number of nitrogens with one attached hydrogen (secondary N) is 2. The standard InChI is InChI=1S/C24H33N3O2S/c1-3-4-5-6-7-8-9-10-16-23(28)27-26-19(2)20-13-11-14-21(18-20)25-24(29)22-15-12-17-30-22/h11-15,17-18H,3-10,16H2,1-2H3,(H,25,29)(H,27,28)/b26-19+. The van der Waals surface area contributed by atoms with Crippen LogP contribution >= 0.6 is 11.3 Å². The van der Waals surface area contributed by atoms with Crippen molar-refractivity contribution in [2.75, 3.05) is 5.32 Å². The van der Waals surface area contributed by atoms with Gasteiger partial charge in [0.2, 0.25) is 5.91 Å². The van der Waals surface area contributed by atoms with Crippen molar-refractivity contribution in [2.24, 2.45) is 5.10 Å². The van der Waals surface area contributed by atoms with Crippen molar-refractivity contribution in [1.29, 1.82) is 0 Å². The summed E-state index contributed by atoms with van der Waals surface area (Å²) in [6.07, 6.45) is 10.2. The average molecular weight is 428 g/mol. The normalized spacial score (nSPS) is 11.3. The van der Waals surface area contributed by atoms with Gasteiger partial charge >= 0.3 is 0 Å². The molecule has 0 aliphatic carbocycles. The van der Waals surface area contributed by atoms with Gasteiger partial charge in [-0.3, -0.25) is 9.59 Å². The third-order valence-electron chi connectivity index (χ3n) is 4.89. The van der Waals surface area contributed by atoms with Crippen LogP contribution in [0.5, 0.6) is 0 Å². The van der Waals surface area contributed by atoms with Gasteiger partial charge in [0, 0.05) is 12.1 Å². The molecule has 2 amide bonds. The van der Waals surface area contributed by atoms with Crippen molar-refractivity contribution in [3.8, 4) is 0 Å². The van der Waals surface area contributed by atoms with Gasteiger partial charge < -0.3 is 5.32 Å². The Morgan fingerprint density at radius 2 is 1.70 bits per heavy atom. The number of benzene rings is 1. The Bertz CT molecular complexity index is 816. The van der Waals surface area contributed by atoms with Crippen LogP contribution in [0.15, 0.2) is 46.9 Å². The first kappa shape index (κ1) is 23.8. The summed E-state index contributed by atoms with van der Waals surface area (Å²) in [5.74, 6) is -0.183. The summed E-state index contributed by atoms with van der Waals surface area (Å²) in [7, 11) is 0. The Balaban J connectivity index is 1.73. The van der Waals surface area contributed by atoms with Crippen LogP contribution in [0.1, 0.15) is 86.9 Å². The van der Waals surface area contributed by atoms with E-state index in [-0.39, 0.29) is 11.8 Å². The lowest BCUT2D eigenvalue weighted by Crippen LogP contribution is -2.19. The minimum absolute atomic E-state index is 0.0533. The van der Waals surface area contributed by atoms with E-state index >= 15 is 0 Å². The van der Waals surface area contributed by atoms with Gasteiger partial charge in [0.25, 0.3) is 5.91 Å². The number of nitrogens with zero attached hydrogens (tertiary/aromatic N) is 1. The third kappa shape index (κ3) is 8.91. The highest BCUT2D eigenvalue weighted by molar-refractivity contribution is 7.12. The molecule has 6 heteroatoms. The Kier molecular flexibility index (Phi) is 10.9. The summed E-state index contributed by atoms with van der Waals surface area (Å²) < 4.78 is 0. The zero-order valence-electron chi connectivity index (χ0n) is 18.1. The van der Waals surface area contributed by atoms with Gasteiger partial charge in [-0.15, -0.1) is 11.3 Å². The largest absolute Gasteiger partial charge is 0.321 e. The van der Waals surface area contributed by atoms with Crippen molar-refractivity contribution in [1.82, 2.24) is 5.43 Å². The summed E-state index contributed by atoms with van der Waals surface area (Å²) in [6, 6.07) is 11.1. The van der Waals surface area contributed by atoms with Crippen molar-refractivity contribution in [3.63, 3.8) is 0 Å². The zero-order chi connectivity index (χ0) is 21.6. The summed E-state index contributed by atoms with van der Waals surface area (Å²) in [5, 5.41) is 8.98. The fraction of sp³-hybridized carbons (Fsp3) is 0.458. The van der Waals surface area contributed by atoms with Crippen molar-refractivity contribution in [3.05, 3.63) is 52.2 Å². The minimum Gasteiger partial charge on any atom is -0.321 e. The number of thiophene rings is 1. The van der Waals surface area contributed by atoms with E-state index in [0.29, 0.717) is 22.7 Å². The minimum atomic E-state index is -0.129. The topological polar surface area (TPSA) is 70.6 Å². The second kappa shape index (κ2) is 13.7. The van der Waals surface area contributed by atoms with Crippen LogP contribution in [0.2, 0.25) is 0 Å². The number of unbranched alkanes of at least 4 members (excludes halogenated alkanes) is 7. The highest BCUT2D eigenvalue weighted by Gasteiger charge is 2.08. The number of hydrogen-bond acceptors (Lipinski definition) is 4. The van der Waals surface area contributed by atoms with Crippen LogP contribution in [0.3, 0.4) is 0 Å². The highest BCUT2D eigenvalue weighted by atomic mass is 32.1. The Labute approximate surface area is 184 Å². The molecular weight excluding hydrogens is 394 g/mol. The monoisotopic (exact) mass is 427 g/mol. The van der Waals surface area contributed by atoms with E-state index in [2.05, 4.69) is 22.8 Å². The number of hydrogen-bond donors (Lipinski definition) is 2. The summed E-state index contributed by atoms with van der Waals surface area (Å²) in [4.78, 5) is 24.9. The van der Waals surface area contributed by atoms with Crippen LogP contribution < -0.4 is 10.7 Å². The van der Waals surface area contributed by atoms with Crippen molar-refractivity contribution >= 4 is 34.6 Å². The molecule has 0 bridgehead atoms. The van der Waals surface area contributed by atoms with E-state index < -0.39 is 0 Å². The van der Waals surface area contributed by atoms with Gasteiger partial charge in [0.1, 0.15) is 0 Å². The van der Waals surface area contributed by atoms with Gasteiger partial charge in [-0.25, -0.2) is 5.43 Å². The molecule has 0 fully saturated rings. The molecule has 0 aliphatic heterocycles. The lowest BCUT2D eigenvalue weighted by molar-refractivity contribution is -0.121. The van der Waals surface area contributed by atoms with E-state index in [1.165, 1.54) is 49.9 Å². The van der Waals surface area contributed by atoms with E-state index in [4.69, 9.17) is 0 Å². The van der Waals surface area contributed by atoms with E-state index in [1.807, 2.05) is 42.6 Å². The van der Waals surface area contributed by atoms with Gasteiger partial charge in [0.15, 0.2) is 0 Å². The van der Waals surface area contributed by atoms with E-state index in [1.54, 1.807) is 6.07 Å². The molecule has 1 aromatic carbocycles. The molecule has 1 heterocycles. The fourth-order valence-electron chi connectivity index (χ4n) is 3.11. The molecule has 162 valence electrons. The predicted molar refractivity (Wildman–Crippen MR) is 126 cm³/mol. The lowest BCUT2D eigenvalue weighted by atomic mass is 10.1. The molecule has 0 saturated heterocycles. The number of anilines is 1. The number of rotatable bonds is 13. The Hall–Kier alpha value is -2.47. The molecule has 0 atom stereocenters. The van der Waals surface area contributed by atoms with E-state index in [9.17, 15) is 9.59 Å². The number of carbonyl (C=O) groups is 2. The van der Waals surface area contributed by atoms with Crippen LogP contribution in [0, 0.1) is 0 Å². The second-order valence-electron chi connectivity index (χ2n) is 7.47. The van der Waals surface area contributed by atoms with Crippen LogP contribution in [-0.2, 0) is 4.79 Å². The molecule has 0 spiro atoms. The van der Waals surface area contributed by atoms with Crippen LogP contribution in [-0.4, -0.2) is 17.5 Å². The molecule has 1 aromatic heterocycles. The van der Waals surface area contributed by atoms with Crippen molar-refractivity contribution < 1.29 is 9.59 Å². The summed E-state index contributed by atoms with van der Waals surface area (Å²) in [6.45, 7) is 4.07. The van der Waals surface area contributed by atoms with Crippen LogP contribution in [0.4, 0.5) is 5.69 Å². The predicted octanol–water partition coefficient (Wildman–Crippen LogP) is 6.37. The number of carbonyl (C=O) groups excluding carboxylic acids is 2. The van der Waals surface area contributed by atoms with Gasteiger partial charge in [-0.1, -0.05) is 70.1 Å². The maximum atomic E-state index is 12.2. The molecule has 0 radical (unpaired) electrons. The number of amides is 2. The first-order valence-corrected chi connectivity index (χ1v) is 11.8. The van der Waals surface area contributed by atoms with Crippen LogP contribution in [0.25, 0.3) is 0 Å². The molecule has 2 aromatic rings. The first-order valence-electron chi connectivity index (χ1n) is 10.9. The molecule has 5 nitrogen and oxygen atoms in total.